The molecule has 0 radical (unpaired) electrons. The lowest BCUT2D eigenvalue weighted by molar-refractivity contribution is -0.145. The first-order valence-electron chi connectivity index (χ1n) is 7.78. The topological polar surface area (TPSA) is 81.2 Å². The summed E-state index contributed by atoms with van der Waals surface area (Å²) < 4.78 is 8.67. The fourth-order valence-corrected chi connectivity index (χ4v) is 2.99. The van der Waals surface area contributed by atoms with Crippen LogP contribution in [-0.4, -0.2) is 35.1 Å². The lowest BCUT2D eigenvalue weighted by Gasteiger charge is -2.15. The third-order valence-corrected chi connectivity index (χ3v) is 4.51. The van der Waals surface area contributed by atoms with Gasteiger partial charge in [-0.15, -0.1) is 5.10 Å². The minimum atomic E-state index is -0.437. The summed E-state index contributed by atoms with van der Waals surface area (Å²) in [4.78, 5) is 24.8. The molecule has 0 aliphatic carbocycles. The minimum Gasteiger partial charge on any atom is -0.469 e. The van der Waals surface area contributed by atoms with Crippen molar-refractivity contribution in [2.75, 3.05) is 13.7 Å². The van der Waals surface area contributed by atoms with Crippen molar-refractivity contribution in [1.82, 2.24) is 14.9 Å². The zero-order valence-corrected chi connectivity index (χ0v) is 14.9. The molecule has 0 aliphatic rings. The van der Waals surface area contributed by atoms with Crippen molar-refractivity contribution in [3.05, 3.63) is 46.0 Å². The molecule has 6 nitrogen and oxygen atoms in total. The molecule has 0 saturated heterocycles. The normalized spacial score (nSPS) is 11.8. The second kappa shape index (κ2) is 8.54. The van der Waals surface area contributed by atoms with Gasteiger partial charge in [-0.1, -0.05) is 41.2 Å². The number of nitrogens with zero attached hydrogens (tertiary/aromatic N) is 2. The maximum atomic E-state index is 12.3. The van der Waals surface area contributed by atoms with Gasteiger partial charge in [0.25, 0.3) is 5.91 Å². The monoisotopic (exact) mass is 347 g/mol. The fraction of sp³-hybridized carbons (Fsp3) is 0.412. The quantitative estimate of drug-likeness (QED) is 0.776. The third-order valence-electron chi connectivity index (χ3n) is 3.74. The number of aryl methyl sites for hydroxylation is 2. The Labute approximate surface area is 145 Å². The number of nitrogens with one attached hydrogen (secondary N) is 1. The van der Waals surface area contributed by atoms with E-state index >= 15 is 0 Å². The van der Waals surface area contributed by atoms with Crippen LogP contribution in [0.3, 0.4) is 0 Å². The van der Waals surface area contributed by atoms with E-state index in [-0.39, 0.29) is 18.4 Å². The van der Waals surface area contributed by atoms with E-state index in [0.717, 1.165) is 22.7 Å². The van der Waals surface area contributed by atoms with Crippen LogP contribution in [0.25, 0.3) is 0 Å². The second-order valence-electron chi connectivity index (χ2n) is 5.52. The van der Waals surface area contributed by atoms with Gasteiger partial charge in [0.15, 0.2) is 0 Å². The second-order valence-corrected chi connectivity index (χ2v) is 6.28. The zero-order valence-electron chi connectivity index (χ0n) is 14.0. The van der Waals surface area contributed by atoms with E-state index in [2.05, 4.69) is 14.9 Å². The minimum absolute atomic E-state index is 0.209. The number of carbonyl (C=O) groups excluding carboxylic acids is 2. The van der Waals surface area contributed by atoms with E-state index in [4.69, 9.17) is 4.74 Å². The number of ether oxygens (including phenoxy) is 1. The maximum Gasteiger partial charge on any atom is 0.310 e. The van der Waals surface area contributed by atoms with Crippen LogP contribution < -0.4 is 5.32 Å². The molecule has 2 rings (SSSR count). The van der Waals surface area contributed by atoms with Gasteiger partial charge in [-0.3, -0.25) is 9.59 Å². The highest BCUT2D eigenvalue weighted by atomic mass is 32.1. The number of methoxy groups -OCH3 is 1. The van der Waals surface area contributed by atoms with E-state index in [9.17, 15) is 9.59 Å². The molecule has 1 aromatic heterocycles. The molecule has 0 unspecified atom stereocenters. The SMILES string of the molecule is CCc1nnsc1C(=O)NC[C@H](Cc1ccc(C)cc1)C(=O)OC. The average molecular weight is 347 g/mol. The number of rotatable bonds is 7. The molecule has 1 aromatic carbocycles. The Balaban J connectivity index is 2.02. The summed E-state index contributed by atoms with van der Waals surface area (Å²) in [5.41, 5.74) is 2.86. The summed E-state index contributed by atoms with van der Waals surface area (Å²) in [5, 5.41) is 6.72. The number of aromatic nitrogens is 2. The van der Waals surface area contributed by atoms with E-state index in [1.165, 1.54) is 7.11 Å². The van der Waals surface area contributed by atoms with Crippen LogP contribution in [0, 0.1) is 12.8 Å². The van der Waals surface area contributed by atoms with Gasteiger partial charge >= 0.3 is 5.97 Å². The average Bonchev–Trinajstić information content (AvgIpc) is 3.08. The van der Waals surface area contributed by atoms with Crippen LogP contribution in [0.2, 0.25) is 0 Å². The van der Waals surface area contributed by atoms with Gasteiger partial charge < -0.3 is 10.1 Å². The standard InChI is InChI=1S/C17H21N3O3S/c1-4-14-15(24-20-19-14)16(21)18-10-13(17(22)23-3)9-12-7-5-11(2)6-8-12/h5-8,13H,4,9-10H2,1-3H3,(H,18,21)/t13-/m0/s1. The first kappa shape index (κ1) is 18.1. The summed E-state index contributed by atoms with van der Waals surface area (Å²) in [6.45, 7) is 4.14. The lowest BCUT2D eigenvalue weighted by Crippen LogP contribution is -2.34. The fourth-order valence-electron chi connectivity index (χ4n) is 2.32. The highest BCUT2D eigenvalue weighted by Gasteiger charge is 2.22. The van der Waals surface area contributed by atoms with E-state index in [0.29, 0.717) is 23.4 Å². The molecular formula is C17H21N3O3S. The molecule has 7 heteroatoms. The van der Waals surface area contributed by atoms with E-state index in [1.807, 2.05) is 38.1 Å². The zero-order chi connectivity index (χ0) is 17.5. The smallest absolute Gasteiger partial charge is 0.310 e. The highest BCUT2D eigenvalue weighted by Crippen LogP contribution is 2.14. The molecule has 128 valence electrons. The molecule has 0 spiro atoms. The maximum absolute atomic E-state index is 12.3. The van der Waals surface area contributed by atoms with Gasteiger partial charge in [-0.05, 0) is 36.9 Å². The Morgan fingerprint density at radius 2 is 2.00 bits per heavy atom. The van der Waals surface area contributed by atoms with Gasteiger partial charge in [0.05, 0.1) is 18.7 Å². The molecule has 2 aromatic rings. The van der Waals surface area contributed by atoms with Crippen molar-refractivity contribution < 1.29 is 14.3 Å². The molecule has 1 N–H and O–H groups in total. The van der Waals surface area contributed by atoms with Crippen LogP contribution in [0.1, 0.15) is 33.4 Å². The summed E-state index contributed by atoms with van der Waals surface area (Å²) in [5.74, 6) is -1.03. The summed E-state index contributed by atoms with van der Waals surface area (Å²) in [6, 6.07) is 7.96. The number of carbonyl (C=O) groups is 2. The van der Waals surface area contributed by atoms with Gasteiger partial charge in [0.2, 0.25) is 0 Å². The van der Waals surface area contributed by atoms with Gasteiger partial charge in [-0.2, -0.15) is 0 Å². The Morgan fingerprint density at radius 3 is 2.62 bits per heavy atom. The lowest BCUT2D eigenvalue weighted by atomic mass is 9.98. The molecule has 1 heterocycles. The van der Waals surface area contributed by atoms with Crippen LogP contribution in [0.15, 0.2) is 24.3 Å². The number of benzene rings is 1. The largest absolute Gasteiger partial charge is 0.469 e. The molecule has 0 fully saturated rings. The number of esters is 1. The van der Waals surface area contributed by atoms with Crippen molar-refractivity contribution >= 4 is 23.4 Å². The van der Waals surface area contributed by atoms with E-state index < -0.39 is 5.92 Å². The Bertz CT molecular complexity index is 697. The van der Waals surface area contributed by atoms with Crippen molar-refractivity contribution in [2.24, 2.45) is 5.92 Å². The molecule has 1 amide bonds. The number of hydrogen-bond acceptors (Lipinski definition) is 6. The molecule has 0 aliphatic heterocycles. The van der Waals surface area contributed by atoms with Crippen LogP contribution in [-0.2, 0) is 22.4 Å². The van der Waals surface area contributed by atoms with Gasteiger partial charge in [-0.25, -0.2) is 0 Å². The summed E-state index contributed by atoms with van der Waals surface area (Å²) in [6.07, 6.45) is 1.15. The van der Waals surface area contributed by atoms with Crippen molar-refractivity contribution in [1.29, 1.82) is 0 Å². The number of amides is 1. The van der Waals surface area contributed by atoms with Crippen LogP contribution >= 0.6 is 11.5 Å². The summed E-state index contributed by atoms with van der Waals surface area (Å²) in [7, 11) is 1.36. The Kier molecular flexibility index (Phi) is 6.43. The van der Waals surface area contributed by atoms with Crippen LogP contribution in [0.5, 0.6) is 0 Å². The summed E-state index contributed by atoms with van der Waals surface area (Å²) >= 11 is 1.06. The third kappa shape index (κ3) is 4.61. The van der Waals surface area contributed by atoms with Gasteiger partial charge in [0.1, 0.15) is 4.88 Å². The molecule has 1 atom stereocenters. The predicted molar refractivity (Wildman–Crippen MR) is 92.0 cm³/mol. The van der Waals surface area contributed by atoms with Crippen molar-refractivity contribution in [3.8, 4) is 0 Å². The molecule has 0 saturated carbocycles. The Morgan fingerprint density at radius 1 is 1.29 bits per heavy atom. The first-order valence-corrected chi connectivity index (χ1v) is 8.55. The van der Waals surface area contributed by atoms with Crippen molar-refractivity contribution in [2.45, 2.75) is 26.7 Å². The van der Waals surface area contributed by atoms with E-state index in [1.54, 1.807) is 0 Å². The molecular weight excluding hydrogens is 326 g/mol. The molecule has 0 bridgehead atoms. The Hall–Kier alpha value is -2.28. The highest BCUT2D eigenvalue weighted by molar-refractivity contribution is 7.08. The number of hydrogen-bond donors (Lipinski definition) is 1. The predicted octanol–water partition coefficient (Wildman–Crippen LogP) is 2.17. The van der Waals surface area contributed by atoms with Crippen LogP contribution in [0.4, 0.5) is 0 Å². The molecule has 24 heavy (non-hydrogen) atoms. The van der Waals surface area contributed by atoms with Crippen molar-refractivity contribution in [3.63, 3.8) is 0 Å². The first-order chi connectivity index (χ1) is 11.5. The van der Waals surface area contributed by atoms with Gasteiger partial charge in [0, 0.05) is 6.54 Å².